The molecule has 7 heteroatoms. The van der Waals surface area contributed by atoms with Crippen LogP contribution in [0.4, 0.5) is 13.6 Å². The molecule has 0 unspecified atom stereocenters. The summed E-state index contributed by atoms with van der Waals surface area (Å²) in [7, 11) is 0. The van der Waals surface area contributed by atoms with Gasteiger partial charge in [-0.2, -0.15) is 8.78 Å². The Morgan fingerprint density at radius 3 is 2.12 bits per heavy atom. The van der Waals surface area contributed by atoms with Gasteiger partial charge in [-0.3, -0.25) is 0 Å². The molecule has 126 valence electrons. The summed E-state index contributed by atoms with van der Waals surface area (Å²) in [6, 6.07) is 12.6. The molecule has 0 saturated heterocycles. The van der Waals surface area contributed by atoms with Gasteiger partial charge < -0.3 is 15.2 Å². The van der Waals surface area contributed by atoms with Crippen molar-refractivity contribution in [2.75, 3.05) is 0 Å². The Morgan fingerprint density at radius 1 is 1.04 bits per heavy atom. The third-order valence-corrected chi connectivity index (χ3v) is 3.24. The van der Waals surface area contributed by atoms with Gasteiger partial charge in [-0.1, -0.05) is 60.7 Å². The molecule has 0 spiro atoms. The van der Waals surface area contributed by atoms with Crippen molar-refractivity contribution in [2.45, 2.75) is 18.6 Å². The molecule has 0 bridgehead atoms. The molecule has 5 nitrogen and oxygen atoms in total. The molecular weight excluding hydrogens is 320 g/mol. The van der Waals surface area contributed by atoms with Crippen molar-refractivity contribution in [3.63, 3.8) is 0 Å². The van der Waals surface area contributed by atoms with Crippen LogP contribution in [-0.4, -0.2) is 23.2 Å². The summed E-state index contributed by atoms with van der Waals surface area (Å²) in [5.74, 6) is -5.65. The summed E-state index contributed by atoms with van der Waals surface area (Å²) in [6.07, 6.45) is -1.23. The summed E-state index contributed by atoms with van der Waals surface area (Å²) in [5, 5.41) is 10.8. The van der Waals surface area contributed by atoms with Gasteiger partial charge in [0.1, 0.15) is 6.61 Å². The normalized spacial score (nSPS) is 12.2. The largest absolute Gasteiger partial charge is 0.480 e. The first kappa shape index (κ1) is 17.4. The Hall–Kier alpha value is -2.96. The van der Waals surface area contributed by atoms with E-state index in [2.05, 4.69) is 0 Å². The average molecular weight is 335 g/mol. The van der Waals surface area contributed by atoms with Crippen LogP contribution in [0.25, 0.3) is 0 Å². The Morgan fingerprint density at radius 2 is 1.58 bits per heavy atom. The monoisotopic (exact) mass is 335 g/mol. The van der Waals surface area contributed by atoms with Gasteiger partial charge in [0, 0.05) is 5.56 Å². The number of rotatable bonds is 6. The van der Waals surface area contributed by atoms with E-state index >= 15 is 0 Å². The SMILES string of the molecule is O=C(N[C@H](C(=O)O)C(F)(F)c1ccccc1)OCc1ccccc1. The number of carboxylic acids is 1. The lowest BCUT2D eigenvalue weighted by Crippen LogP contribution is -2.51. The van der Waals surface area contributed by atoms with Gasteiger partial charge in [0.25, 0.3) is 0 Å². The Labute approximate surface area is 136 Å². The van der Waals surface area contributed by atoms with E-state index in [-0.39, 0.29) is 6.61 Å². The molecule has 2 rings (SSSR count). The van der Waals surface area contributed by atoms with Gasteiger partial charge in [-0.15, -0.1) is 0 Å². The predicted octanol–water partition coefficient (Wildman–Crippen LogP) is 3.16. The molecule has 0 aliphatic heterocycles. The summed E-state index contributed by atoms with van der Waals surface area (Å²) in [4.78, 5) is 22.9. The highest BCUT2D eigenvalue weighted by atomic mass is 19.3. The van der Waals surface area contributed by atoms with E-state index in [1.165, 1.54) is 18.2 Å². The number of carbonyl (C=O) groups excluding carboxylic acids is 1. The summed E-state index contributed by atoms with van der Waals surface area (Å²) in [5.41, 5.74) is 0.134. The second kappa shape index (κ2) is 7.54. The van der Waals surface area contributed by atoms with Crippen molar-refractivity contribution in [2.24, 2.45) is 0 Å². The van der Waals surface area contributed by atoms with Gasteiger partial charge in [0.05, 0.1) is 0 Å². The molecule has 1 amide bonds. The minimum Gasteiger partial charge on any atom is -0.480 e. The van der Waals surface area contributed by atoms with Crippen molar-refractivity contribution in [1.29, 1.82) is 0 Å². The quantitative estimate of drug-likeness (QED) is 0.850. The van der Waals surface area contributed by atoms with Crippen molar-refractivity contribution in [3.8, 4) is 0 Å². The maximum Gasteiger partial charge on any atom is 0.408 e. The van der Waals surface area contributed by atoms with Crippen molar-refractivity contribution in [1.82, 2.24) is 5.32 Å². The van der Waals surface area contributed by atoms with E-state index in [4.69, 9.17) is 9.84 Å². The summed E-state index contributed by atoms with van der Waals surface area (Å²) >= 11 is 0. The molecule has 2 N–H and O–H groups in total. The number of hydrogen-bond acceptors (Lipinski definition) is 3. The van der Waals surface area contributed by atoms with Crippen molar-refractivity contribution >= 4 is 12.1 Å². The number of halogens is 2. The van der Waals surface area contributed by atoms with Crippen LogP contribution in [0.5, 0.6) is 0 Å². The first-order valence-corrected chi connectivity index (χ1v) is 7.04. The Kier molecular flexibility index (Phi) is 5.47. The number of amides is 1. The predicted molar refractivity (Wildman–Crippen MR) is 81.5 cm³/mol. The number of ether oxygens (including phenoxy) is 1. The molecule has 24 heavy (non-hydrogen) atoms. The Balaban J connectivity index is 2.05. The van der Waals surface area contributed by atoms with E-state index in [0.29, 0.717) is 5.56 Å². The fraction of sp³-hybridized carbons (Fsp3) is 0.176. The smallest absolute Gasteiger partial charge is 0.408 e. The number of nitrogens with one attached hydrogen (secondary N) is 1. The van der Waals surface area contributed by atoms with Crippen LogP contribution in [0.1, 0.15) is 11.1 Å². The number of hydrogen-bond donors (Lipinski definition) is 2. The van der Waals surface area contributed by atoms with Gasteiger partial charge in [-0.05, 0) is 5.56 Å². The third-order valence-electron chi connectivity index (χ3n) is 3.24. The molecule has 0 heterocycles. The first-order chi connectivity index (χ1) is 11.4. The topological polar surface area (TPSA) is 75.6 Å². The van der Waals surface area contributed by atoms with Crippen LogP contribution in [-0.2, 0) is 22.1 Å². The van der Waals surface area contributed by atoms with Gasteiger partial charge in [0.15, 0.2) is 6.04 Å². The second-order valence-electron chi connectivity index (χ2n) is 4.97. The molecule has 1 atom stereocenters. The average Bonchev–Trinajstić information content (AvgIpc) is 2.59. The van der Waals surface area contributed by atoms with Crippen molar-refractivity contribution < 1.29 is 28.2 Å². The maximum atomic E-state index is 14.3. The molecule has 2 aromatic carbocycles. The van der Waals surface area contributed by atoms with Gasteiger partial charge in [-0.25, -0.2) is 9.59 Å². The third kappa shape index (κ3) is 4.28. The van der Waals surface area contributed by atoms with E-state index in [1.807, 2.05) is 0 Å². The molecule has 0 aromatic heterocycles. The molecule has 0 aliphatic rings. The summed E-state index contributed by atoms with van der Waals surface area (Å²) < 4.78 is 33.5. The van der Waals surface area contributed by atoms with Crippen molar-refractivity contribution in [3.05, 3.63) is 71.8 Å². The zero-order valence-electron chi connectivity index (χ0n) is 12.5. The highest BCUT2D eigenvalue weighted by Crippen LogP contribution is 2.31. The maximum absolute atomic E-state index is 14.3. The number of carbonyl (C=O) groups is 2. The molecule has 2 aromatic rings. The number of alkyl halides is 2. The highest BCUT2D eigenvalue weighted by molar-refractivity contribution is 5.81. The van der Waals surface area contributed by atoms with Crippen LogP contribution in [0.3, 0.4) is 0 Å². The lowest BCUT2D eigenvalue weighted by atomic mass is 10.0. The van der Waals surface area contributed by atoms with Gasteiger partial charge >= 0.3 is 18.0 Å². The molecule has 0 aliphatic carbocycles. The van der Waals surface area contributed by atoms with E-state index < -0.39 is 29.6 Å². The summed E-state index contributed by atoms with van der Waals surface area (Å²) in [6.45, 7) is -0.157. The van der Waals surface area contributed by atoms with Crippen LogP contribution < -0.4 is 5.32 Å². The minimum absolute atomic E-state index is 0.157. The molecule has 0 radical (unpaired) electrons. The molecule has 0 fully saturated rings. The standard InChI is InChI=1S/C17H15F2NO4/c18-17(19,13-9-5-2-6-10-13)14(15(21)22)20-16(23)24-11-12-7-3-1-4-8-12/h1-10,14H,11H2,(H,20,23)(H,21,22)/t14-/m1/s1. The van der Waals surface area contributed by atoms with Crippen LogP contribution in [0, 0.1) is 0 Å². The zero-order chi connectivity index (χ0) is 17.6. The van der Waals surface area contributed by atoms with Crippen LogP contribution in [0.15, 0.2) is 60.7 Å². The number of benzene rings is 2. The Bertz CT molecular complexity index is 692. The fourth-order valence-corrected chi connectivity index (χ4v) is 2.02. The van der Waals surface area contributed by atoms with E-state index in [0.717, 1.165) is 12.1 Å². The first-order valence-electron chi connectivity index (χ1n) is 7.04. The fourth-order valence-electron chi connectivity index (χ4n) is 2.02. The van der Waals surface area contributed by atoms with E-state index in [9.17, 15) is 18.4 Å². The lowest BCUT2D eigenvalue weighted by Gasteiger charge is -2.24. The van der Waals surface area contributed by atoms with Crippen LogP contribution >= 0.6 is 0 Å². The minimum atomic E-state index is -3.79. The molecular formula is C17H15F2NO4. The number of carboxylic acid groups (broad SMARTS) is 1. The zero-order valence-corrected chi connectivity index (χ0v) is 12.5. The lowest BCUT2D eigenvalue weighted by molar-refractivity contribution is -0.151. The number of alkyl carbamates (subject to hydrolysis) is 1. The van der Waals surface area contributed by atoms with E-state index in [1.54, 1.807) is 35.6 Å². The molecule has 0 saturated carbocycles. The number of aliphatic carboxylic acids is 1. The van der Waals surface area contributed by atoms with Crippen LogP contribution in [0.2, 0.25) is 0 Å². The van der Waals surface area contributed by atoms with Gasteiger partial charge in [0.2, 0.25) is 0 Å². The second-order valence-corrected chi connectivity index (χ2v) is 4.97. The highest BCUT2D eigenvalue weighted by Gasteiger charge is 2.47.